The van der Waals surface area contributed by atoms with Gasteiger partial charge in [0.1, 0.15) is 0 Å². The van der Waals surface area contributed by atoms with E-state index < -0.39 is 0 Å². The minimum atomic E-state index is 0.337. The second-order valence-corrected chi connectivity index (χ2v) is 5.91. The van der Waals surface area contributed by atoms with Crippen LogP contribution in [0.4, 0.5) is 0 Å². The highest BCUT2D eigenvalue weighted by Gasteiger charge is 2.15. The predicted molar refractivity (Wildman–Crippen MR) is 84.0 cm³/mol. The van der Waals surface area contributed by atoms with Crippen LogP contribution in [0.15, 0.2) is 29.8 Å². The van der Waals surface area contributed by atoms with Gasteiger partial charge in [-0.1, -0.05) is 47.8 Å². The van der Waals surface area contributed by atoms with Gasteiger partial charge in [0.2, 0.25) is 0 Å². The Kier molecular flexibility index (Phi) is 5.75. The maximum absolute atomic E-state index is 6.13. The fourth-order valence-electron chi connectivity index (χ4n) is 2.64. The summed E-state index contributed by atoms with van der Waals surface area (Å²) in [4.78, 5) is 0. The molecule has 0 radical (unpaired) electrons. The normalized spacial score (nSPS) is 17.1. The molecule has 1 aliphatic carbocycles. The summed E-state index contributed by atoms with van der Waals surface area (Å²) in [6.45, 7) is 3.10. The van der Waals surface area contributed by atoms with Crippen molar-refractivity contribution < 1.29 is 0 Å². The molecule has 1 aliphatic rings. The van der Waals surface area contributed by atoms with Gasteiger partial charge in [-0.05, 0) is 56.3 Å². The van der Waals surface area contributed by atoms with E-state index in [1.54, 1.807) is 5.57 Å². The van der Waals surface area contributed by atoms with Gasteiger partial charge in [-0.15, -0.1) is 0 Å². The zero-order valence-electron chi connectivity index (χ0n) is 11.4. The molecule has 0 heterocycles. The van der Waals surface area contributed by atoms with Crippen molar-refractivity contribution in [3.05, 3.63) is 45.5 Å². The Hall–Kier alpha value is -0.500. The minimum absolute atomic E-state index is 0.337. The van der Waals surface area contributed by atoms with Crippen molar-refractivity contribution in [3.8, 4) is 0 Å². The van der Waals surface area contributed by atoms with Crippen LogP contribution in [0.3, 0.4) is 0 Å². The maximum atomic E-state index is 6.13. The molecule has 0 amide bonds. The Labute approximate surface area is 126 Å². The van der Waals surface area contributed by atoms with Gasteiger partial charge in [0.15, 0.2) is 0 Å². The summed E-state index contributed by atoms with van der Waals surface area (Å²) >= 11 is 12.1. The Morgan fingerprint density at radius 3 is 2.68 bits per heavy atom. The lowest BCUT2D eigenvalue weighted by Gasteiger charge is -2.22. The predicted octanol–water partition coefficient (Wildman–Crippen LogP) is 5.53. The lowest BCUT2D eigenvalue weighted by atomic mass is 9.91. The van der Waals surface area contributed by atoms with Crippen LogP contribution in [0, 0.1) is 0 Å². The van der Waals surface area contributed by atoms with Crippen LogP contribution in [0.5, 0.6) is 0 Å². The third-order valence-corrected chi connectivity index (χ3v) is 4.39. The van der Waals surface area contributed by atoms with Gasteiger partial charge in [0, 0.05) is 6.04 Å². The average molecular weight is 298 g/mol. The minimum Gasteiger partial charge on any atom is -0.310 e. The van der Waals surface area contributed by atoms with Crippen LogP contribution in [0.25, 0.3) is 0 Å². The zero-order chi connectivity index (χ0) is 13.7. The molecular weight excluding hydrogens is 277 g/mol. The van der Waals surface area contributed by atoms with E-state index in [2.05, 4.69) is 24.4 Å². The SMILES string of the molecule is CCNC(CC1=CCCCC1)c1ccc(Cl)c(Cl)c1. The summed E-state index contributed by atoms with van der Waals surface area (Å²) in [5.41, 5.74) is 2.80. The molecule has 0 saturated heterocycles. The molecule has 0 bridgehead atoms. The van der Waals surface area contributed by atoms with E-state index in [9.17, 15) is 0 Å². The van der Waals surface area contributed by atoms with Crippen molar-refractivity contribution in [1.82, 2.24) is 5.32 Å². The Bertz CT molecular complexity index is 454. The summed E-state index contributed by atoms with van der Waals surface area (Å²) in [5.74, 6) is 0. The van der Waals surface area contributed by atoms with Crippen LogP contribution in [0.1, 0.15) is 50.6 Å². The van der Waals surface area contributed by atoms with E-state index in [1.807, 2.05) is 12.1 Å². The van der Waals surface area contributed by atoms with E-state index in [0.717, 1.165) is 13.0 Å². The molecule has 0 fully saturated rings. The van der Waals surface area contributed by atoms with Gasteiger partial charge in [-0.2, -0.15) is 0 Å². The molecule has 1 aromatic rings. The van der Waals surface area contributed by atoms with Crippen LogP contribution >= 0.6 is 23.2 Å². The van der Waals surface area contributed by atoms with Gasteiger partial charge in [0.25, 0.3) is 0 Å². The fraction of sp³-hybridized carbons (Fsp3) is 0.500. The van der Waals surface area contributed by atoms with Crippen molar-refractivity contribution in [2.45, 2.75) is 45.1 Å². The summed E-state index contributed by atoms with van der Waals surface area (Å²) in [6, 6.07) is 6.29. The van der Waals surface area contributed by atoms with E-state index >= 15 is 0 Å². The number of rotatable bonds is 5. The zero-order valence-corrected chi connectivity index (χ0v) is 12.9. The van der Waals surface area contributed by atoms with E-state index in [4.69, 9.17) is 23.2 Å². The molecule has 0 saturated carbocycles. The third kappa shape index (κ3) is 4.24. The molecule has 19 heavy (non-hydrogen) atoms. The molecule has 2 rings (SSSR count). The summed E-state index contributed by atoms with van der Waals surface area (Å²) in [7, 11) is 0. The van der Waals surface area contributed by atoms with E-state index in [1.165, 1.54) is 31.2 Å². The van der Waals surface area contributed by atoms with Crippen molar-refractivity contribution in [2.24, 2.45) is 0 Å². The monoisotopic (exact) mass is 297 g/mol. The second kappa shape index (κ2) is 7.33. The van der Waals surface area contributed by atoms with Gasteiger partial charge in [0.05, 0.1) is 10.0 Å². The number of halogens is 2. The summed E-state index contributed by atoms with van der Waals surface area (Å²) < 4.78 is 0. The molecule has 1 N–H and O–H groups in total. The first kappa shape index (κ1) is 14.9. The molecule has 1 nitrogen and oxygen atoms in total. The first-order chi connectivity index (χ1) is 9.20. The smallest absolute Gasteiger partial charge is 0.0595 e. The van der Waals surface area contributed by atoms with Crippen molar-refractivity contribution >= 4 is 23.2 Å². The van der Waals surface area contributed by atoms with Crippen molar-refractivity contribution in [1.29, 1.82) is 0 Å². The molecule has 0 aliphatic heterocycles. The quantitative estimate of drug-likeness (QED) is 0.704. The van der Waals surface area contributed by atoms with Gasteiger partial charge in [-0.25, -0.2) is 0 Å². The van der Waals surface area contributed by atoms with Gasteiger partial charge in [-0.3, -0.25) is 0 Å². The van der Waals surface area contributed by atoms with Gasteiger partial charge < -0.3 is 5.32 Å². The Balaban J connectivity index is 2.14. The van der Waals surface area contributed by atoms with Gasteiger partial charge >= 0.3 is 0 Å². The Morgan fingerprint density at radius 2 is 2.05 bits per heavy atom. The standard InChI is InChI=1S/C16H21Cl2N/c1-2-19-16(10-12-6-4-3-5-7-12)13-8-9-14(17)15(18)11-13/h6,8-9,11,16,19H,2-5,7,10H2,1H3. The molecule has 1 atom stereocenters. The Morgan fingerprint density at radius 1 is 1.21 bits per heavy atom. The van der Waals surface area contributed by atoms with Crippen LogP contribution < -0.4 is 5.32 Å². The number of nitrogens with one attached hydrogen (secondary N) is 1. The number of allylic oxidation sites excluding steroid dienone is 1. The maximum Gasteiger partial charge on any atom is 0.0595 e. The molecule has 0 spiro atoms. The van der Waals surface area contributed by atoms with Crippen LogP contribution in [-0.4, -0.2) is 6.54 Å². The molecule has 1 unspecified atom stereocenters. The highest BCUT2D eigenvalue weighted by Crippen LogP contribution is 2.31. The number of hydrogen-bond donors (Lipinski definition) is 1. The molecular formula is C16H21Cl2N. The van der Waals surface area contributed by atoms with Crippen LogP contribution in [0.2, 0.25) is 10.0 Å². The molecule has 3 heteroatoms. The van der Waals surface area contributed by atoms with E-state index in [-0.39, 0.29) is 0 Å². The van der Waals surface area contributed by atoms with Crippen molar-refractivity contribution in [2.75, 3.05) is 6.54 Å². The number of benzene rings is 1. The molecule has 0 aromatic heterocycles. The number of hydrogen-bond acceptors (Lipinski definition) is 1. The van der Waals surface area contributed by atoms with E-state index in [0.29, 0.717) is 16.1 Å². The summed E-state index contributed by atoms with van der Waals surface area (Å²) in [5, 5.41) is 4.81. The van der Waals surface area contributed by atoms with Crippen molar-refractivity contribution in [3.63, 3.8) is 0 Å². The topological polar surface area (TPSA) is 12.0 Å². The molecule has 104 valence electrons. The highest BCUT2D eigenvalue weighted by molar-refractivity contribution is 6.42. The lowest BCUT2D eigenvalue weighted by molar-refractivity contribution is 0.528. The first-order valence-corrected chi connectivity index (χ1v) is 7.82. The van der Waals surface area contributed by atoms with Crippen LogP contribution in [-0.2, 0) is 0 Å². The summed E-state index contributed by atoms with van der Waals surface area (Å²) in [6.07, 6.45) is 8.62. The molecule has 1 aromatic carbocycles. The largest absolute Gasteiger partial charge is 0.310 e. The highest BCUT2D eigenvalue weighted by atomic mass is 35.5. The second-order valence-electron chi connectivity index (χ2n) is 5.10. The average Bonchev–Trinajstić information content (AvgIpc) is 2.43. The fourth-order valence-corrected chi connectivity index (χ4v) is 2.94. The third-order valence-electron chi connectivity index (χ3n) is 3.65. The lowest BCUT2D eigenvalue weighted by Crippen LogP contribution is -2.21. The first-order valence-electron chi connectivity index (χ1n) is 7.07.